The quantitative estimate of drug-likeness (QED) is 0.624. The van der Waals surface area contributed by atoms with Crippen LogP contribution in [0.5, 0.6) is 0 Å². The highest BCUT2D eigenvalue weighted by Gasteiger charge is 1.82. The van der Waals surface area contributed by atoms with Crippen LogP contribution < -0.4 is 0 Å². The summed E-state index contributed by atoms with van der Waals surface area (Å²) in [7, 11) is 0. The van der Waals surface area contributed by atoms with Crippen molar-refractivity contribution in [1.29, 1.82) is 0 Å². The van der Waals surface area contributed by atoms with Gasteiger partial charge in [-0.1, -0.05) is 13.8 Å². The molecular formula is C8H20O2. The summed E-state index contributed by atoms with van der Waals surface area (Å²) in [5.41, 5.74) is 0. The first-order valence-corrected chi connectivity index (χ1v) is 3.90. The van der Waals surface area contributed by atoms with Crippen LogP contribution in [0.15, 0.2) is 0 Å². The van der Waals surface area contributed by atoms with E-state index in [4.69, 9.17) is 10.2 Å². The normalized spacial score (nSPS) is 15.0. The lowest BCUT2D eigenvalue weighted by Crippen LogP contribution is -1.93. The fourth-order valence-corrected chi connectivity index (χ4v) is 0. The number of rotatable bonds is 2. The van der Waals surface area contributed by atoms with E-state index in [0.717, 1.165) is 12.8 Å². The lowest BCUT2D eigenvalue weighted by atomic mass is 10.3. The minimum absolute atomic E-state index is 0.116. The van der Waals surface area contributed by atoms with Gasteiger partial charge in [0.1, 0.15) is 0 Å². The van der Waals surface area contributed by atoms with Crippen molar-refractivity contribution in [2.24, 2.45) is 0 Å². The van der Waals surface area contributed by atoms with Gasteiger partial charge in [0, 0.05) is 0 Å². The van der Waals surface area contributed by atoms with Gasteiger partial charge in [0.25, 0.3) is 0 Å². The SMILES string of the molecule is CCC(C)O.CC[C@@H](C)O. The molecule has 0 rings (SSSR count). The molecule has 0 aliphatic carbocycles. The van der Waals surface area contributed by atoms with Gasteiger partial charge in [-0.2, -0.15) is 0 Å². The van der Waals surface area contributed by atoms with Crippen LogP contribution in [0.2, 0.25) is 0 Å². The Labute approximate surface area is 63.9 Å². The van der Waals surface area contributed by atoms with E-state index in [9.17, 15) is 0 Å². The fourth-order valence-electron chi connectivity index (χ4n) is 0. The van der Waals surface area contributed by atoms with Crippen molar-refractivity contribution in [3.8, 4) is 0 Å². The molecule has 1 unspecified atom stereocenters. The van der Waals surface area contributed by atoms with Gasteiger partial charge in [0.05, 0.1) is 12.2 Å². The van der Waals surface area contributed by atoms with E-state index < -0.39 is 0 Å². The van der Waals surface area contributed by atoms with Gasteiger partial charge in [0.2, 0.25) is 0 Å². The predicted octanol–water partition coefficient (Wildman–Crippen LogP) is 1.55. The molecular weight excluding hydrogens is 128 g/mol. The summed E-state index contributed by atoms with van der Waals surface area (Å²) in [5, 5.41) is 16.7. The molecule has 0 heterocycles. The Morgan fingerprint density at radius 1 is 0.900 bits per heavy atom. The number of aliphatic hydroxyl groups excluding tert-OH is 2. The van der Waals surface area contributed by atoms with Crippen molar-refractivity contribution in [3.05, 3.63) is 0 Å². The Hall–Kier alpha value is -0.0800. The third-order valence-corrected chi connectivity index (χ3v) is 1.18. The topological polar surface area (TPSA) is 40.5 Å². The van der Waals surface area contributed by atoms with E-state index >= 15 is 0 Å². The lowest BCUT2D eigenvalue weighted by molar-refractivity contribution is 0.190. The second-order valence-corrected chi connectivity index (χ2v) is 2.51. The fraction of sp³-hybridized carbons (Fsp3) is 1.00. The zero-order valence-electron chi connectivity index (χ0n) is 7.46. The van der Waals surface area contributed by atoms with Crippen LogP contribution in [0.25, 0.3) is 0 Å². The van der Waals surface area contributed by atoms with Crippen LogP contribution in [0.3, 0.4) is 0 Å². The Kier molecular flexibility index (Phi) is 11.2. The maximum absolute atomic E-state index is 8.36. The zero-order chi connectivity index (χ0) is 8.57. The molecule has 0 saturated heterocycles. The Morgan fingerprint density at radius 3 is 1.00 bits per heavy atom. The van der Waals surface area contributed by atoms with Crippen molar-refractivity contribution in [2.75, 3.05) is 0 Å². The van der Waals surface area contributed by atoms with Crippen LogP contribution in [0.1, 0.15) is 40.5 Å². The Bertz CT molecular complexity index is 43.2. The molecule has 0 aromatic heterocycles. The molecule has 2 nitrogen and oxygen atoms in total. The summed E-state index contributed by atoms with van der Waals surface area (Å²) in [6, 6.07) is 0. The van der Waals surface area contributed by atoms with Crippen molar-refractivity contribution in [2.45, 2.75) is 52.7 Å². The zero-order valence-corrected chi connectivity index (χ0v) is 7.46. The van der Waals surface area contributed by atoms with Gasteiger partial charge in [-0.15, -0.1) is 0 Å². The third kappa shape index (κ3) is 24.7. The van der Waals surface area contributed by atoms with Crippen LogP contribution >= 0.6 is 0 Å². The molecule has 0 spiro atoms. The molecule has 0 bridgehead atoms. The second kappa shape index (κ2) is 8.92. The molecule has 0 aromatic carbocycles. The van der Waals surface area contributed by atoms with Gasteiger partial charge >= 0.3 is 0 Å². The first kappa shape index (κ1) is 12.6. The summed E-state index contributed by atoms with van der Waals surface area (Å²) in [6.45, 7) is 7.45. The van der Waals surface area contributed by atoms with Crippen LogP contribution in [0.4, 0.5) is 0 Å². The lowest BCUT2D eigenvalue weighted by Gasteiger charge is -1.90. The van der Waals surface area contributed by atoms with Crippen LogP contribution in [0, 0.1) is 0 Å². The maximum atomic E-state index is 8.36. The molecule has 0 radical (unpaired) electrons. The average Bonchev–Trinajstić information content (AvgIpc) is 1.89. The standard InChI is InChI=1S/2C4H10O/c2*1-3-4(2)5/h2*4-5H,3H2,1-2H3/t4-;/m1./s1. The number of hydrogen-bond donors (Lipinski definition) is 2. The average molecular weight is 148 g/mol. The number of hydrogen-bond acceptors (Lipinski definition) is 2. The Balaban J connectivity index is 0. The first-order chi connectivity index (χ1) is 4.54. The van der Waals surface area contributed by atoms with Gasteiger partial charge in [0.15, 0.2) is 0 Å². The van der Waals surface area contributed by atoms with Crippen LogP contribution in [-0.2, 0) is 0 Å². The molecule has 0 aliphatic heterocycles. The molecule has 0 saturated carbocycles. The van der Waals surface area contributed by atoms with Gasteiger partial charge in [-0.3, -0.25) is 0 Å². The minimum Gasteiger partial charge on any atom is -0.393 e. The van der Waals surface area contributed by atoms with E-state index in [1.807, 2.05) is 13.8 Å². The molecule has 0 fully saturated rings. The second-order valence-electron chi connectivity index (χ2n) is 2.51. The van der Waals surface area contributed by atoms with Crippen molar-refractivity contribution in [1.82, 2.24) is 0 Å². The molecule has 0 aromatic rings. The van der Waals surface area contributed by atoms with E-state index in [1.54, 1.807) is 13.8 Å². The van der Waals surface area contributed by atoms with Crippen molar-refractivity contribution in [3.63, 3.8) is 0 Å². The smallest absolute Gasteiger partial charge is 0.0509 e. The highest BCUT2D eigenvalue weighted by atomic mass is 16.3. The van der Waals surface area contributed by atoms with E-state index in [0.29, 0.717) is 0 Å². The first-order valence-electron chi connectivity index (χ1n) is 3.90. The maximum Gasteiger partial charge on any atom is 0.0509 e. The minimum atomic E-state index is -0.116. The summed E-state index contributed by atoms with van der Waals surface area (Å²) in [5.74, 6) is 0. The summed E-state index contributed by atoms with van der Waals surface area (Å²) in [6.07, 6.45) is 1.49. The van der Waals surface area contributed by atoms with E-state index in [-0.39, 0.29) is 12.2 Å². The third-order valence-electron chi connectivity index (χ3n) is 1.18. The molecule has 10 heavy (non-hydrogen) atoms. The highest BCUT2D eigenvalue weighted by molar-refractivity contribution is 4.34. The van der Waals surface area contributed by atoms with Gasteiger partial charge in [-0.05, 0) is 26.7 Å². The van der Waals surface area contributed by atoms with Crippen molar-refractivity contribution < 1.29 is 10.2 Å². The summed E-state index contributed by atoms with van der Waals surface area (Å²) < 4.78 is 0. The summed E-state index contributed by atoms with van der Waals surface area (Å²) in [4.78, 5) is 0. The predicted molar refractivity (Wildman–Crippen MR) is 43.9 cm³/mol. The molecule has 0 amide bonds. The molecule has 64 valence electrons. The number of aliphatic hydroxyl groups is 2. The molecule has 2 atom stereocenters. The largest absolute Gasteiger partial charge is 0.393 e. The highest BCUT2D eigenvalue weighted by Crippen LogP contribution is 1.82. The monoisotopic (exact) mass is 148 g/mol. The van der Waals surface area contributed by atoms with Gasteiger partial charge < -0.3 is 10.2 Å². The summed E-state index contributed by atoms with van der Waals surface area (Å²) >= 11 is 0. The molecule has 2 N–H and O–H groups in total. The van der Waals surface area contributed by atoms with Gasteiger partial charge in [-0.25, -0.2) is 0 Å². The van der Waals surface area contributed by atoms with Crippen LogP contribution in [-0.4, -0.2) is 22.4 Å². The molecule has 0 aliphatic rings. The van der Waals surface area contributed by atoms with E-state index in [2.05, 4.69) is 0 Å². The Morgan fingerprint density at radius 2 is 1.00 bits per heavy atom. The molecule has 2 heteroatoms. The van der Waals surface area contributed by atoms with Crippen molar-refractivity contribution >= 4 is 0 Å². The van der Waals surface area contributed by atoms with E-state index in [1.165, 1.54) is 0 Å².